The second-order valence-corrected chi connectivity index (χ2v) is 10.8. The second kappa shape index (κ2) is 10.1. The summed E-state index contributed by atoms with van der Waals surface area (Å²) < 4.78 is 18.0. The summed E-state index contributed by atoms with van der Waals surface area (Å²) in [6, 6.07) is 9.67. The molecule has 2 aromatic carbocycles. The van der Waals surface area contributed by atoms with Crippen molar-refractivity contribution in [2.24, 2.45) is 0 Å². The van der Waals surface area contributed by atoms with Crippen LogP contribution in [0.3, 0.4) is 0 Å². The van der Waals surface area contributed by atoms with Crippen molar-refractivity contribution in [2.45, 2.75) is 59.4 Å². The van der Waals surface area contributed by atoms with Crippen LogP contribution in [0.2, 0.25) is 5.02 Å². The monoisotopic (exact) mass is 542 g/mol. The number of hydrogen-bond acceptors (Lipinski definition) is 4. The van der Waals surface area contributed by atoms with Crippen LogP contribution >= 0.6 is 11.6 Å². The number of rotatable bonds is 6. The van der Waals surface area contributed by atoms with Crippen LogP contribution in [0.4, 0.5) is 10.3 Å². The zero-order valence-electron chi connectivity index (χ0n) is 22.7. The smallest absolute Gasteiger partial charge is 0.225 e. The maximum Gasteiger partial charge on any atom is 0.225 e. The third-order valence-corrected chi connectivity index (χ3v) is 8.10. The summed E-state index contributed by atoms with van der Waals surface area (Å²) in [5, 5.41) is 6.28. The van der Waals surface area contributed by atoms with Gasteiger partial charge in [0.1, 0.15) is 5.82 Å². The average molecular weight is 543 g/mol. The SMILES string of the molecule is CCc1cccc(CC)c1-n1nc2c(c1-c1c(F)cc(Cl)c3[nH]ccc13)CN(c1ncc(C(C)C)cn1)CC2. The van der Waals surface area contributed by atoms with Gasteiger partial charge < -0.3 is 9.88 Å². The number of aromatic amines is 1. The Balaban J connectivity index is 1.59. The number of aryl methyl sites for hydroxylation is 2. The van der Waals surface area contributed by atoms with Gasteiger partial charge in [0.2, 0.25) is 5.95 Å². The van der Waals surface area contributed by atoms with Gasteiger partial charge in [0, 0.05) is 54.6 Å². The van der Waals surface area contributed by atoms with Gasteiger partial charge in [-0.05, 0) is 47.6 Å². The number of halogens is 2. The molecule has 0 radical (unpaired) electrons. The van der Waals surface area contributed by atoms with Crippen LogP contribution in [0, 0.1) is 5.82 Å². The highest BCUT2D eigenvalue weighted by atomic mass is 35.5. The molecule has 0 saturated heterocycles. The van der Waals surface area contributed by atoms with Crippen molar-refractivity contribution in [1.82, 2.24) is 24.7 Å². The normalized spacial score (nSPS) is 13.5. The molecule has 0 amide bonds. The number of aromatic nitrogens is 5. The van der Waals surface area contributed by atoms with Crippen LogP contribution in [0.1, 0.15) is 61.6 Å². The van der Waals surface area contributed by atoms with Gasteiger partial charge in [-0.1, -0.05) is 57.5 Å². The molecule has 3 aromatic heterocycles. The lowest BCUT2D eigenvalue weighted by atomic mass is 9.97. The van der Waals surface area contributed by atoms with Crippen molar-refractivity contribution < 1.29 is 4.39 Å². The number of benzene rings is 2. The van der Waals surface area contributed by atoms with E-state index >= 15 is 4.39 Å². The Morgan fingerprint density at radius 3 is 2.46 bits per heavy atom. The fourth-order valence-corrected chi connectivity index (χ4v) is 5.89. The Hall–Kier alpha value is -3.71. The van der Waals surface area contributed by atoms with E-state index < -0.39 is 0 Å². The Kier molecular flexibility index (Phi) is 6.63. The number of nitrogens with one attached hydrogen (secondary N) is 1. The molecule has 1 aliphatic heterocycles. The largest absolute Gasteiger partial charge is 0.360 e. The van der Waals surface area contributed by atoms with Crippen molar-refractivity contribution in [1.29, 1.82) is 0 Å². The molecule has 39 heavy (non-hydrogen) atoms. The predicted molar refractivity (Wildman–Crippen MR) is 155 cm³/mol. The molecule has 6 rings (SSSR count). The molecule has 4 heterocycles. The predicted octanol–water partition coefficient (Wildman–Crippen LogP) is 7.41. The second-order valence-electron chi connectivity index (χ2n) is 10.4. The van der Waals surface area contributed by atoms with Crippen molar-refractivity contribution in [3.05, 3.63) is 87.7 Å². The maximum absolute atomic E-state index is 16.0. The minimum atomic E-state index is -0.363. The molecule has 200 valence electrons. The first-order chi connectivity index (χ1) is 18.9. The highest BCUT2D eigenvalue weighted by Crippen LogP contribution is 2.41. The first kappa shape index (κ1) is 25.6. The molecular weight excluding hydrogens is 511 g/mol. The molecule has 5 aromatic rings. The topological polar surface area (TPSA) is 62.6 Å². The van der Waals surface area contributed by atoms with Gasteiger partial charge in [0.25, 0.3) is 0 Å². The van der Waals surface area contributed by atoms with E-state index in [0.717, 1.165) is 53.0 Å². The third kappa shape index (κ3) is 4.29. The highest BCUT2D eigenvalue weighted by Gasteiger charge is 2.31. The first-order valence-corrected chi connectivity index (χ1v) is 14.0. The summed E-state index contributed by atoms with van der Waals surface area (Å²) in [6.07, 6.45) is 8.02. The first-order valence-electron chi connectivity index (χ1n) is 13.6. The molecule has 6 nitrogen and oxygen atoms in total. The maximum atomic E-state index is 16.0. The van der Waals surface area contributed by atoms with Gasteiger partial charge >= 0.3 is 0 Å². The molecule has 0 atom stereocenters. The van der Waals surface area contributed by atoms with Crippen LogP contribution in [-0.2, 0) is 25.8 Å². The zero-order valence-corrected chi connectivity index (χ0v) is 23.5. The molecule has 0 saturated carbocycles. The molecule has 8 heteroatoms. The van der Waals surface area contributed by atoms with E-state index in [1.807, 2.05) is 23.1 Å². The summed E-state index contributed by atoms with van der Waals surface area (Å²) in [5.74, 6) is 0.674. The summed E-state index contributed by atoms with van der Waals surface area (Å²) in [5.41, 5.74) is 8.47. The van der Waals surface area contributed by atoms with E-state index in [0.29, 0.717) is 40.9 Å². The summed E-state index contributed by atoms with van der Waals surface area (Å²) in [7, 11) is 0. The van der Waals surface area contributed by atoms with Crippen LogP contribution in [0.25, 0.3) is 27.8 Å². The van der Waals surface area contributed by atoms with Crippen molar-refractivity contribution in [3.8, 4) is 16.9 Å². The Morgan fingerprint density at radius 1 is 1.08 bits per heavy atom. The van der Waals surface area contributed by atoms with E-state index in [1.165, 1.54) is 17.2 Å². The lowest BCUT2D eigenvalue weighted by molar-refractivity contribution is 0.631. The summed E-state index contributed by atoms with van der Waals surface area (Å²) >= 11 is 6.45. The standard InChI is InChI=1S/C31H32ClFN6/c1-5-19-8-7-9-20(6-2)29(19)39-30(27-22-10-12-34-28(22)24(32)14-25(27)33)23-17-38(13-11-26(23)37-39)31-35-15-21(16-36-31)18(3)4/h7-10,12,14-16,18,34H,5-6,11,13,17H2,1-4H3. The van der Waals surface area contributed by atoms with Gasteiger partial charge in [-0.2, -0.15) is 5.10 Å². The van der Waals surface area contributed by atoms with E-state index in [2.05, 4.69) is 65.7 Å². The highest BCUT2D eigenvalue weighted by molar-refractivity contribution is 6.35. The number of hydrogen-bond donors (Lipinski definition) is 1. The molecular formula is C31H32ClFN6. The third-order valence-electron chi connectivity index (χ3n) is 7.80. The van der Waals surface area contributed by atoms with Gasteiger partial charge in [-0.3, -0.25) is 0 Å². The molecule has 0 unspecified atom stereocenters. The minimum absolute atomic E-state index is 0.361. The number of fused-ring (bicyclic) bond motifs is 2. The fraction of sp³-hybridized carbons (Fsp3) is 0.323. The van der Waals surface area contributed by atoms with Crippen molar-refractivity contribution in [3.63, 3.8) is 0 Å². The lowest BCUT2D eigenvalue weighted by Crippen LogP contribution is -2.31. The summed E-state index contributed by atoms with van der Waals surface area (Å²) in [6.45, 7) is 9.84. The molecule has 1 aliphatic rings. The Labute approximate surface area is 232 Å². The Bertz CT molecular complexity index is 1640. The number of anilines is 1. The number of nitrogens with zero attached hydrogens (tertiary/aromatic N) is 5. The van der Waals surface area contributed by atoms with Crippen LogP contribution in [0.15, 0.2) is 48.9 Å². The zero-order chi connectivity index (χ0) is 27.3. The minimum Gasteiger partial charge on any atom is -0.360 e. The molecule has 1 N–H and O–H groups in total. The average Bonchev–Trinajstić information content (AvgIpc) is 3.58. The van der Waals surface area contributed by atoms with E-state index in [-0.39, 0.29) is 5.82 Å². The van der Waals surface area contributed by atoms with E-state index in [1.54, 1.807) is 6.20 Å². The quantitative estimate of drug-likeness (QED) is 0.242. The molecule has 0 bridgehead atoms. The Morgan fingerprint density at radius 2 is 1.79 bits per heavy atom. The van der Waals surface area contributed by atoms with E-state index in [9.17, 15) is 0 Å². The fourth-order valence-electron chi connectivity index (χ4n) is 5.64. The number of para-hydroxylation sites is 1. The van der Waals surface area contributed by atoms with E-state index in [4.69, 9.17) is 16.7 Å². The molecule has 0 fully saturated rings. The molecule has 0 aliphatic carbocycles. The van der Waals surface area contributed by atoms with Crippen molar-refractivity contribution >= 4 is 28.5 Å². The van der Waals surface area contributed by atoms with Crippen LogP contribution in [0.5, 0.6) is 0 Å². The lowest BCUT2D eigenvalue weighted by Gasteiger charge is -2.27. The van der Waals surface area contributed by atoms with Gasteiger partial charge in [0.15, 0.2) is 0 Å². The number of H-pyrrole nitrogens is 1. The van der Waals surface area contributed by atoms with Gasteiger partial charge in [-0.25, -0.2) is 19.0 Å². The molecule has 0 spiro atoms. The van der Waals surface area contributed by atoms with Gasteiger partial charge in [-0.15, -0.1) is 0 Å². The summed E-state index contributed by atoms with van der Waals surface area (Å²) in [4.78, 5) is 14.7. The van der Waals surface area contributed by atoms with Crippen LogP contribution in [-0.4, -0.2) is 31.3 Å². The van der Waals surface area contributed by atoms with Crippen molar-refractivity contribution in [2.75, 3.05) is 11.4 Å². The van der Waals surface area contributed by atoms with Crippen LogP contribution < -0.4 is 4.90 Å². The van der Waals surface area contributed by atoms with Gasteiger partial charge in [0.05, 0.1) is 27.6 Å².